The largest absolute Gasteiger partial charge is 0.481 e. The molecule has 0 aliphatic rings. The van der Waals surface area contributed by atoms with Crippen LogP contribution in [0, 0.1) is 0 Å². The number of benzene rings is 1. The summed E-state index contributed by atoms with van der Waals surface area (Å²) in [5, 5.41) is 11.9. The van der Waals surface area contributed by atoms with E-state index in [2.05, 4.69) is 5.32 Å². The molecule has 0 aromatic heterocycles. The van der Waals surface area contributed by atoms with Crippen molar-refractivity contribution in [3.8, 4) is 0 Å². The van der Waals surface area contributed by atoms with Gasteiger partial charge in [0.05, 0.1) is 23.2 Å². The van der Waals surface area contributed by atoms with E-state index in [1.807, 2.05) is 6.92 Å². The predicted molar refractivity (Wildman–Crippen MR) is 83.5 cm³/mol. The van der Waals surface area contributed by atoms with Crippen LogP contribution >= 0.6 is 11.6 Å². The fourth-order valence-corrected chi connectivity index (χ4v) is 2.09. The molecule has 0 aliphatic heterocycles. The Bertz CT molecular complexity index is 522. The van der Waals surface area contributed by atoms with Crippen molar-refractivity contribution in [1.82, 2.24) is 4.90 Å². The Morgan fingerprint density at radius 2 is 2.14 bits per heavy atom. The van der Waals surface area contributed by atoms with E-state index in [0.717, 1.165) is 0 Å². The summed E-state index contributed by atoms with van der Waals surface area (Å²) in [5.74, 6) is -1.09. The van der Waals surface area contributed by atoms with Crippen LogP contribution in [0.1, 0.15) is 19.8 Å². The van der Waals surface area contributed by atoms with Gasteiger partial charge in [-0.05, 0) is 31.7 Å². The van der Waals surface area contributed by atoms with Crippen molar-refractivity contribution in [1.29, 1.82) is 0 Å². The molecule has 1 aromatic rings. The molecule has 1 rings (SSSR count). The number of halogens is 1. The third-order valence-electron chi connectivity index (χ3n) is 3.16. The molecule has 1 unspecified atom stereocenters. The molecule has 0 spiro atoms. The second kappa shape index (κ2) is 7.85. The van der Waals surface area contributed by atoms with Gasteiger partial charge in [0.2, 0.25) is 5.91 Å². The van der Waals surface area contributed by atoms with Gasteiger partial charge >= 0.3 is 5.97 Å². The highest BCUT2D eigenvalue weighted by Gasteiger charge is 2.21. The van der Waals surface area contributed by atoms with Crippen LogP contribution in [0.2, 0.25) is 5.02 Å². The SMILES string of the molecule is CCC(C(=O)Nc1ccc(Cl)c(N)c1)N(C)CCC(=O)O. The van der Waals surface area contributed by atoms with Crippen LogP contribution in [-0.4, -0.2) is 41.5 Å². The van der Waals surface area contributed by atoms with Crippen LogP contribution in [0.15, 0.2) is 18.2 Å². The van der Waals surface area contributed by atoms with Crippen molar-refractivity contribution in [3.63, 3.8) is 0 Å². The molecule has 0 bridgehead atoms. The Kier molecular flexibility index (Phi) is 6.45. The molecular formula is C14H20ClN3O3. The lowest BCUT2D eigenvalue weighted by atomic mass is 10.1. The smallest absolute Gasteiger partial charge is 0.304 e. The third kappa shape index (κ3) is 5.24. The fourth-order valence-electron chi connectivity index (χ4n) is 1.97. The van der Waals surface area contributed by atoms with E-state index in [-0.39, 0.29) is 12.3 Å². The Hall–Kier alpha value is -1.79. The van der Waals surface area contributed by atoms with E-state index in [1.165, 1.54) is 0 Å². The van der Waals surface area contributed by atoms with Gasteiger partial charge in [-0.15, -0.1) is 0 Å². The van der Waals surface area contributed by atoms with Crippen molar-refractivity contribution in [2.75, 3.05) is 24.6 Å². The number of hydrogen-bond acceptors (Lipinski definition) is 4. The molecule has 0 radical (unpaired) electrons. The summed E-state index contributed by atoms with van der Waals surface area (Å²) in [5.41, 5.74) is 6.64. The van der Waals surface area contributed by atoms with Gasteiger partial charge in [-0.25, -0.2) is 0 Å². The molecule has 7 heteroatoms. The summed E-state index contributed by atoms with van der Waals surface area (Å²) in [4.78, 5) is 24.6. The number of nitrogen functional groups attached to an aromatic ring is 1. The molecule has 0 saturated carbocycles. The van der Waals surface area contributed by atoms with Crippen LogP contribution in [0.5, 0.6) is 0 Å². The zero-order valence-corrected chi connectivity index (χ0v) is 12.9. The van der Waals surface area contributed by atoms with E-state index < -0.39 is 12.0 Å². The minimum Gasteiger partial charge on any atom is -0.481 e. The summed E-state index contributed by atoms with van der Waals surface area (Å²) in [6.45, 7) is 2.18. The standard InChI is InChI=1S/C14H20ClN3O3/c1-3-12(18(2)7-6-13(19)20)14(21)17-9-4-5-10(15)11(16)8-9/h4-5,8,12H,3,6-7,16H2,1-2H3,(H,17,21)(H,19,20). The number of carbonyl (C=O) groups excluding carboxylic acids is 1. The number of nitrogens with two attached hydrogens (primary N) is 1. The second-order valence-electron chi connectivity index (χ2n) is 4.77. The number of carbonyl (C=O) groups is 2. The monoisotopic (exact) mass is 313 g/mol. The lowest BCUT2D eigenvalue weighted by Gasteiger charge is -2.25. The zero-order valence-electron chi connectivity index (χ0n) is 12.1. The van der Waals surface area contributed by atoms with Gasteiger partial charge in [0, 0.05) is 12.2 Å². The van der Waals surface area contributed by atoms with Gasteiger partial charge in [-0.3, -0.25) is 14.5 Å². The summed E-state index contributed by atoms with van der Waals surface area (Å²) in [6, 6.07) is 4.47. The molecule has 0 heterocycles. The molecule has 1 amide bonds. The highest BCUT2D eigenvalue weighted by atomic mass is 35.5. The molecule has 6 nitrogen and oxygen atoms in total. The molecule has 0 aliphatic carbocycles. The molecule has 1 atom stereocenters. The van der Waals surface area contributed by atoms with Crippen molar-refractivity contribution >= 4 is 34.9 Å². The quantitative estimate of drug-likeness (QED) is 0.670. The van der Waals surface area contributed by atoms with Crippen molar-refractivity contribution in [2.45, 2.75) is 25.8 Å². The highest BCUT2D eigenvalue weighted by molar-refractivity contribution is 6.33. The first-order valence-electron chi connectivity index (χ1n) is 6.63. The van der Waals surface area contributed by atoms with E-state index in [1.54, 1.807) is 30.1 Å². The number of aliphatic carboxylic acids is 1. The van der Waals surface area contributed by atoms with E-state index in [4.69, 9.17) is 22.4 Å². The molecule has 0 saturated heterocycles. The molecule has 4 N–H and O–H groups in total. The number of nitrogens with one attached hydrogen (secondary N) is 1. The minimum absolute atomic E-state index is 0.00578. The summed E-state index contributed by atoms with van der Waals surface area (Å²) in [7, 11) is 1.73. The van der Waals surface area contributed by atoms with Gasteiger partial charge < -0.3 is 16.2 Å². The van der Waals surface area contributed by atoms with Gasteiger partial charge in [0.15, 0.2) is 0 Å². The number of carboxylic acid groups (broad SMARTS) is 1. The van der Waals surface area contributed by atoms with Gasteiger partial charge in [-0.2, -0.15) is 0 Å². The Morgan fingerprint density at radius 1 is 1.48 bits per heavy atom. The zero-order chi connectivity index (χ0) is 16.0. The number of amides is 1. The van der Waals surface area contributed by atoms with Crippen molar-refractivity contribution in [3.05, 3.63) is 23.2 Å². The molecule has 0 fully saturated rings. The van der Waals surface area contributed by atoms with Gasteiger partial charge in [0.1, 0.15) is 0 Å². The molecule has 1 aromatic carbocycles. The second-order valence-corrected chi connectivity index (χ2v) is 5.18. The molecule has 116 valence electrons. The van der Waals surface area contributed by atoms with Gasteiger partial charge in [-0.1, -0.05) is 18.5 Å². The van der Waals surface area contributed by atoms with E-state index in [0.29, 0.717) is 29.4 Å². The number of likely N-dealkylation sites (N-methyl/N-ethyl adjacent to an activating group) is 1. The number of hydrogen-bond donors (Lipinski definition) is 3. The van der Waals surface area contributed by atoms with Crippen LogP contribution in [0.4, 0.5) is 11.4 Å². The minimum atomic E-state index is -0.886. The summed E-state index contributed by atoms with van der Waals surface area (Å²) in [6.07, 6.45) is 0.569. The molecule has 21 heavy (non-hydrogen) atoms. The maximum atomic E-state index is 12.3. The first kappa shape index (κ1) is 17.3. The first-order chi connectivity index (χ1) is 9.85. The van der Waals surface area contributed by atoms with E-state index in [9.17, 15) is 9.59 Å². The maximum absolute atomic E-state index is 12.3. The summed E-state index contributed by atoms with van der Waals surface area (Å²) < 4.78 is 0. The normalized spacial score (nSPS) is 12.2. The molecular weight excluding hydrogens is 294 g/mol. The van der Waals surface area contributed by atoms with Gasteiger partial charge in [0.25, 0.3) is 0 Å². The Labute approximate surface area is 128 Å². The number of nitrogens with zero attached hydrogens (tertiary/aromatic N) is 1. The van der Waals surface area contributed by atoms with Crippen LogP contribution in [0.25, 0.3) is 0 Å². The first-order valence-corrected chi connectivity index (χ1v) is 7.00. The predicted octanol–water partition coefficient (Wildman–Crippen LogP) is 2.05. The van der Waals surface area contributed by atoms with Crippen molar-refractivity contribution < 1.29 is 14.7 Å². The van der Waals surface area contributed by atoms with Crippen LogP contribution < -0.4 is 11.1 Å². The average molecular weight is 314 g/mol. The van der Waals surface area contributed by atoms with Crippen molar-refractivity contribution in [2.24, 2.45) is 0 Å². The third-order valence-corrected chi connectivity index (χ3v) is 3.51. The topological polar surface area (TPSA) is 95.7 Å². The number of carboxylic acids is 1. The van der Waals surface area contributed by atoms with Crippen LogP contribution in [0.3, 0.4) is 0 Å². The van der Waals surface area contributed by atoms with E-state index >= 15 is 0 Å². The number of rotatable bonds is 7. The number of anilines is 2. The summed E-state index contributed by atoms with van der Waals surface area (Å²) >= 11 is 5.83. The highest BCUT2D eigenvalue weighted by Crippen LogP contribution is 2.22. The Balaban J connectivity index is 2.69. The Morgan fingerprint density at radius 3 is 2.67 bits per heavy atom. The maximum Gasteiger partial charge on any atom is 0.304 e. The van der Waals surface area contributed by atoms with Crippen LogP contribution in [-0.2, 0) is 9.59 Å². The lowest BCUT2D eigenvalue weighted by Crippen LogP contribution is -2.42. The fraction of sp³-hybridized carbons (Fsp3) is 0.429. The average Bonchev–Trinajstić information content (AvgIpc) is 2.41. The lowest BCUT2D eigenvalue weighted by molar-refractivity contribution is -0.137.